The molecule has 1 saturated heterocycles. The molecule has 0 aliphatic carbocycles. The summed E-state index contributed by atoms with van der Waals surface area (Å²) in [5.74, 6) is -1.04. The van der Waals surface area contributed by atoms with E-state index < -0.39 is 17.4 Å². The number of methoxy groups -OCH3 is 1. The molecular weight excluding hydrogens is 263 g/mol. The second-order valence-electron chi connectivity index (χ2n) is 5.28. The zero-order valence-corrected chi connectivity index (χ0v) is 11.9. The number of ether oxygens (including phenoxy) is 1. The van der Waals surface area contributed by atoms with Crippen LogP contribution in [0.2, 0.25) is 0 Å². The Morgan fingerprint density at radius 3 is 2.55 bits per heavy atom. The molecule has 0 spiro atoms. The number of anilines is 1. The first kappa shape index (κ1) is 14.3. The number of hydrogen-bond acceptors (Lipinski definition) is 3. The molecule has 2 amide bonds. The van der Waals surface area contributed by atoms with Gasteiger partial charge in [0.1, 0.15) is 11.6 Å². The Morgan fingerprint density at radius 1 is 1.35 bits per heavy atom. The lowest BCUT2D eigenvalue weighted by Gasteiger charge is -2.41. The van der Waals surface area contributed by atoms with Crippen LogP contribution >= 0.6 is 0 Å². The van der Waals surface area contributed by atoms with Crippen LogP contribution in [-0.2, 0) is 9.59 Å². The van der Waals surface area contributed by atoms with Crippen molar-refractivity contribution < 1.29 is 18.7 Å². The van der Waals surface area contributed by atoms with Crippen LogP contribution < -0.4 is 15.0 Å². The molecule has 1 aliphatic rings. The van der Waals surface area contributed by atoms with Crippen LogP contribution in [-0.4, -0.2) is 30.5 Å². The summed E-state index contributed by atoms with van der Waals surface area (Å²) in [5, 5.41) is 2.64. The predicted molar refractivity (Wildman–Crippen MR) is 72.1 cm³/mol. The molecular formula is C14H17FN2O3. The van der Waals surface area contributed by atoms with E-state index in [-0.39, 0.29) is 17.6 Å². The molecule has 5 nitrogen and oxygen atoms in total. The van der Waals surface area contributed by atoms with E-state index in [1.807, 2.05) is 0 Å². The second-order valence-corrected chi connectivity index (χ2v) is 5.28. The smallest absolute Gasteiger partial charge is 0.252 e. The standard InChI is InChI=1S/C14H17FN2O3/c1-8-12(18)16-14(2,3)13(19)17(8)9-5-6-11(20-4)10(15)7-9/h5-8H,1-4H3,(H,16,18). The van der Waals surface area contributed by atoms with Gasteiger partial charge < -0.3 is 10.1 Å². The van der Waals surface area contributed by atoms with Gasteiger partial charge in [0.15, 0.2) is 11.6 Å². The van der Waals surface area contributed by atoms with E-state index >= 15 is 0 Å². The SMILES string of the molecule is COc1ccc(N2C(=O)C(C)(C)NC(=O)C2C)cc1F. The number of rotatable bonds is 2. The minimum Gasteiger partial charge on any atom is -0.494 e. The number of carbonyl (C=O) groups excluding carboxylic acids is 2. The van der Waals surface area contributed by atoms with Crippen LogP contribution in [0.1, 0.15) is 20.8 Å². The van der Waals surface area contributed by atoms with Crippen molar-refractivity contribution in [1.29, 1.82) is 0 Å². The van der Waals surface area contributed by atoms with Gasteiger partial charge in [-0.3, -0.25) is 14.5 Å². The highest BCUT2D eigenvalue weighted by Crippen LogP contribution is 2.29. The van der Waals surface area contributed by atoms with Crippen LogP contribution in [0.5, 0.6) is 5.75 Å². The highest BCUT2D eigenvalue weighted by atomic mass is 19.1. The summed E-state index contributed by atoms with van der Waals surface area (Å²) in [4.78, 5) is 25.7. The van der Waals surface area contributed by atoms with E-state index in [4.69, 9.17) is 4.74 Å². The molecule has 1 aromatic carbocycles. The molecule has 1 aromatic rings. The summed E-state index contributed by atoms with van der Waals surface area (Å²) in [6, 6.07) is 3.50. The fourth-order valence-electron chi connectivity index (χ4n) is 2.21. The van der Waals surface area contributed by atoms with Gasteiger partial charge >= 0.3 is 0 Å². The van der Waals surface area contributed by atoms with Crippen molar-refractivity contribution >= 4 is 17.5 Å². The van der Waals surface area contributed by atoms with Crippen LogP contribution in [0.4, 0.5) is 10.1 Å². The largest absolute Gasteiger partial charge is 0.494 e. The topological polar surface area (TPSA) is 58.6 Å². The Bertz CT molecular complexity index is 572. The Kier molecular flexibility index (Phi) is 3.41. The van der Waals surface area contributed by atoms with Crippen molar-refractivity contribution in [2.75, 3.05) is 12.0 Å². The average Bonchev–Trinajstić information content (AvgIpc) is 2.37. The summed E-state index contributed by atoms with van der Waals surface area (Å²) < 4.78 is 18.6. The lowest BCUT2D eigenvalue weighted by molar-refractivity contribution is -0.136. The number of hydrogen-bond donors (Lipinski definition) is 1. The normalized spacial score (nSPS) is 21.6. The van der Waals surface area contributed by atoms with E-state index in [0.717, 1.165) is 0 Å². The van der Waals surface area contributed by atoms with Crippen LogP contribution in [0.3, 0.4) is 0 Å². The summed E-state index contributed by atoms with van der Waals surface area (Å²) in [7, 11) is 1.36. The van der Waals surface area contributed by atoms with Gasteiger partial charge in [-0.15, -0.1) is 0 Å². The maximum Gasteiger partial charge on any atom is 0.252 e. The number of piperazine rings is 1. The number of amides is 2. The number of nitrogens with zero attached hydrogens (tertiary/aromatic N) is 1. The predicted octanol–water partition coefficient (Wildman–Crippen LogP) is 1.46. The average molecular weight is 280 g/mol. The van der Waals surface area contributed by atoms with Crippen molar-refractivity contribution in [3.8, 4) is 5.75 Å². The molecule has 1 fully saturated rings. The van der Waals surface area contributed by atoms with Crippen molar-refractivity contribution in [2.45, 2.75) is 32.4 Å². The molecule has 1 N–H and O–H groups in total. The van der Waals surface area contributed by atoms with E-state index in [1.165, 1.54) is 24.1 Å². The lowest BCUT2D eigenvalue weighted by Crippen LogP contribution is -2.67. The fourth-order valence-corrected chi connectivity index (χ4v) is 2.21. The maximum atomic E-state index is 13.8. The zero-order chi connectivity index (χ0) is 15.1. The zero-order valence-electron chi connectivity index (χ0n) is 11.9. The fraction of sp³-hybridized carbons (Fsp3) is 0.429. The third-order valence-electron chi connectivity index (χ3n) is 3.37. The molecule has 1 heterocycles. The molecule has 1 atom stereocenters. The van der Waals surface area contributed by atoms with Crippen molar-refractivity contribution in [1.82, 2.24) is 5.32 Å². The quantitative estimate of drug-likeness (QED) is 0.892. The van der Waals surface area contributed by atoms with Crippen molar-refractivity contribution in [2.24, 2.45) is 0 Å². The van der Waals surface area contributed by atoms with Crippen molar-refractivity contribution in [3.63, 3.8) is 0 Å². The number of carbonyl (C=O) groups is 2. The van der Waals surface area contributed by atoms with Crippen molar-refractivity contribution in [3.05, 3.63) is 24.0 Å². The second kappa shape index (κ2) is 4.77. The first-order chi connectivity index (χ1) is 9.27. The molecule has 2 rings (SSSR count). The Labute approximate surface area is 116 Å². The first-order valence-electron chi connectivity index (χ1n) is 6.27. The molecule has 0 aromatic heterocycles. The van der Waals surface area contributed by atoms with Gasteiger partial charge in [0.25, 0.3) is 5.91 Å². The molecule has 0 radical (unpaired) electrons. The monoisotopic (exact) mass is 280 g/mol. The maximum absolute atomic E-state index is 13.8. The van der Waals surface area contributed by atoms with Gasteiger partial charge in [0.2, 0.25) is 5.91 Å². The molecule has 1 aliphatic heterocycles. The third kappa shape index (κ3) is 2.21. The van der Waals surface area contributed by atoms with E-state index in [2.05, 4.69) is 5.32 Å². The number of halogens is 1. The highest BCUT2D eigenvalue weighted by molar-refractivity contribution is 6.10. The van der Waals surface area contributed by atoms with Crippen LogP contribution in [0.25, 0.3) is 0 Å². The lowest BCUT2D eigenvalue weighted by atomic mass is 9.96. The summed E-state index contributed by atoms with van der Waals surface area (Å²) in [6.07, 6.45) is 0. The van der Waals surface area contributed by atoms with E-state index in [9.17, 15) is 14.0 Å². The number of benzene rings is 1. The van der Waals surface area contributed by atoms with E-state index in [0.29, 0.717) is 5.69 Å². The molecule has 108 valence electrons. The van der Waals surface area contributed by atoms with Crippen LogP contribution in [0, 0.1) is 5.82 Å². The summed E-state index contributed by atoms with van der Waals surface area (Å²) in [6.45, 7) is 4.84. The molecule has 20 heavy (non-hydrogen) atoms. The summed E-state index contributed by atoms with van der Waals surface area (Å²) >= 11 is 0. The van der Waals surface area contributed by atoms with Crippen LogP contribution in [0.15, 0.2) is 18.2 Å². The first-order valence-corrected chi connectivity index (χ1v) is 6.27. The molecule has 0 saturated carbocycles. The van der Waals surface area contributed by atoms with E-state index in [1.54, 1.807) is 26.8 Å². The number of nitrogens with one attached hydrogen (secondary N) is 1. The molecule has 0 bridgehead atoms. The third-order valence-corrected chi connectivity index (χ3v) is 3.37. The highest BCUT2D eigenvalue weighted by Gasteiger charge is 2.44. The van der Waals surface area contributed by atoms with Gasteiger partial charge in [-0.25, -0.2) is 4.39 Å². The van der Waals surface area contributed by atoms with Gasteiger partial charge in [-0.05, 0) is 32.9 Å². The van der Waals surface area contributed by atoms with Gasteiger partial charge in [-0.1, -0.05) is 0 Å². The molecule has 1 unspecified atom stereocenters. The van der Waals surface area contributed by atoms with Gasteiger partial charge in [0, 0.05) is 11.8 Å². The Hall–Kier alpha value is -2.11. The Morgan fingerprint density at radius 2 is 2.00 bits per heavy atom. The summed E-state index contributed by atoms with van der Waals surface area (Å²) in [5.41, 5.74) is -0.677. The minimum absolute atomic E-state index is 0.0922. The van der Waals surface area contributed by atoms with Gasteiger partial charge in [0.05, 0.1) is 7.11 Å². The Balaban J connectivity index is 2.46. The minimum atomic E-state index is -1.01. The van der Waals surface area contributed by atoms with Gasteiger partial charge in [-0.2, -0.15) is 0 Å². The molecule has 6 heteroatoms.